The summed E-state index contributed by atoms with van der Waals surface area (Å²) in [5, 5.41) is 16.8. The predicted molar refractivity (Wildman–Crippen MR) is 100 cm³/mol. The number of aryl methyl sites for hydroxylation is 2. The molecule has 0 unspecified atom stereocenters. The van der Waals surface area contributed by atoms with Crippen LogP contribution in [0.5, 0.6) is 0 Å². The Balaban J connectivity index is 1.62. The summed E-state index contributed by atoms with van der Waals surface area (Å²) in [6.45, 7) is 4.35. The van der Waals surface area contributed by atoms with Gasteiger partial charge >= 0.3 is 0 Å². The first-order valence-corrected chi connectivity index (χ1v) is 10.1. The van der Waals surface area contributed by atoms with Crippen molar-refractivity contribution in [2.75, 3.05) is 0 Å². The smallest absolute Gasteiger partial charge is 0.226 e. The third kappa shape index (κ3) is 4.91. The molecule has 0 spiro atoms. The molecule has 0 amide bonds. The molecule has 0 aliphatic carbocycles. The van der Waals surface area contributed by atoms with Crippen LogP contribution < -0.4 is 0 Å². The Morgan fingerprint density at radius 2 is 1.81 bits per heavy atom. The maximum atomic E-state index is 5.26. The molecular weight excluding hydrogens is 348 g/mol. The number of aromatic nitrogens is 6. The zero-order chi connectivity index (χ0) is 18.2. The first-order valence-electron chi connectivity index (χ1n) is 9.12. The Hall–Kier alpha value is -2.22. The van der Waals surface area contributed by atoms with E-state index in [9.17, 15) is 0 Å². The molecule has 7 nitrogen and oxygen atoms in total. The van der Waals surface area contributed by atoms with Crippen LogP contribution >= 0.6 is 11.8 Å². The van der Waals surface area contributed by atoms with Gasteiger partial charge < -0.3 is 4.52 Å². The average molecular weight is 372 g/mol. The van der Waals surface area contributed by atoms with Crippen molar-refractivity contribution in [3.05, 3.63) is 41.5 Å². The van der Waals surface area contributed by atoms with Gasteiger partial charge in [-0.15, -0.1) is 5.10 Å². The van der Waals surface area contributed by atoms with Gasteiger partial charge in [-0.25, -0.2) is 0 Å². The lowest BCUT2D eigenvalue weighted by Gasteiger charge is -2.05. The summed E-state index contributed by atoms with van der Waals surface area (Å²) in [5.41, 5.74) is 2.29. The van der Waals surface area contributed by atoms with E-state index in [0.717, 1.165) is 31.4 Å². The van der Waals surface area contributed by atoms with Crippen LogP contribution in [0.25, 0.3) is 5.69 Å². The number of nitrogens with zero attached hydrogens (tertiary/aromatic N) is 6. The number of tetrazole rings is 1. The zero-order valence-electron chi connectivity index (χ0n) is 15.3. The summed E-state index contributed by atoms with van der Waals surface area (Å²) < 4.78 is 7.01. The van der Waals surface area contributed by atoms with E-state index >= 15 is 0 Å². The zero-order valence-corrected chi connectivity index (χ0v) is 16.1. The summed E-state index contributed by atoms with van der Waals surface area (Å²) in [6.07, 6.45) is 6.50. The molecule has 8 heteroatoms. The molecule has 0 radical (unpaired) electrons. The number of thioether (sulfide) groups is 1. The summed E-state index contributed by atoms with van der Waals surface area (Å²) in [7, 11) is 0. The minimum Gasteiger partial charge on any atom is -0.339 e. The highest BCUT2D eigenvalue weighted by atomic mass is 32.2. The molecule has 138 valence electrons. The molecule has 0 aliphatic rings. The van der Waals surface area contributed by atoms with E-state index in [4.69, 9.17) is 4.52 Å². The van der Waals surface area contributed by atoms with Crippen LogP contribution in [0.3, 0.4) is 0 Å². The second-order valence-electron chi connectivity index (χ2n) is 6.14. The molecule has 0 fully saturated rings. The van der Waals surface area contributed by atoms with Crippen LogP contribution in [0.4, 0.5) is 0 Å². The van der Waals surface area contributed by atoms with Gasteiger partial charge in [0.2, 0.25) is 11.0 Å². The number of hydrogen-bond donors (Lipinski definition) is 0. The van der Waals surface area contributed by atoms with Crippen molar-refractivity contribution < 1.29 is 4.52 Å². The third-order valence-electron chi connectivity index (χ3n) is 4.03. The minimum atomic E-state index is 0.574. The van der Waals surface area contributed by atoms with Gasteiger partial charge in [-0.05, 0) is 47.4 Å². The molecule has 0 saturated carbocycles. The molecule has 3 aromatic rings. The van der Waals surface area contributed by atoms with Crippen LogP contribution in [0.1, 0.15) is 56.8 Å². The van der Waals surface area contributed by atoms with Gasteiger partial charge in [0.1, 0.15) is 0 Å². The van der Waals surface area contributed by atoms with Gasteiger partial charge in [0.25, 0.3) is 0 Å². The molecule has 3 rings (SSSR count). The molecule has 0 N–H and O–H groups in total. The van der Waals surface area contributed by atoms with Gasteiger partial charge in [0, 0.05) is 6.42 Å². The van der Waals surface area contributed by atoms with E-state index in [0.29, 0.717) is 22.6 Å². The Morgan fingerprint density at radius 1 is 1.04 bits per heavy atom. The second kappa shape index (κ2) is 9.47. The van der Waals surface area contributed by atoms with Crippen molar-refractivity contribution >= 4 is 11.8 Å². The first kappa shape index (κ1) is 18.6. The monoisotopic (exact) mass is 372 g/mol. The summed E-state index contributed by atoms with van der Waals surface area (Å²) in [6, 6.07) is 8.39. The highest BCUT2D eigenvalue weighted by Gasteiger charge is 2.12. The molecule has 0 aliphatic heterocycles. The lowest BCUT2D eigenvalue weighted by atomic mass is 10.1. The lowest BCUT2D eigenvalue weighted by Crippen LogP contribution is -2.00. The van der Waals surface area contributed by atoms with Gasteiger partial charge in [-0.3, -0.25) is 0 Å². The Bertz CT molecular complexity index is 798. The van der Waals surface area contributed by atoms with Crippen molar-refractivity contribution in [3.63, 3.8) is 0 Å². The van der Waals surface area contributed by atoms with E-state index in [1.165, 1.54) is 30.2 Å². The van der Waals surface area contributed by atoms with Crippen molar-refractivity contribution in [1.29, 1.82) is 0 Å². The summed E-state index contributed by atoms with van der Waals surface area (Å²) in [4.78, 5) is 4.41. The summed E-state index contributed by atoms with van der Waals surface area (Å²) in [5.74, 6) is 1.94. The largest absolute Gasteiger partial charge is 0.339 e. The minimum absolute atomic E-state index is 0.574. The molecule has 0 saturated heterocycles. The maximum absolute atomic E-state index is 5.26. The number of hydrogen-bond acceptors (Lipinski definition) is 7. The van der Waals surface area contributed by atoms with Crippen LogP contribution in [0, 0.1) is 0 Å². The van der Waals surface area contributed by atoms with E-state index in [-0.39, 0.29) is 0 Å². The Morgan fingerprint density at radius 3 is 2.58 bits per heavy atom. The first-order chi connectivity index (χ1) is 12.8. The highest BCUT2D eigenvalue weighted by molar-refractivity contribution is 7.98. The molecule has 2 heterocycles. The molecule has 1 aromatic carbocycles. The van der Waals surface area contributed by atoms with Crippen LogP contribution in [0.15, 0.2) is 33.9 Å². The Kier molecular flexibility index (Phi) is 6.76. The normalized spacial score (nSPS) is 11.2. The quantitative estimate of drug-likeness (QED) is 0.497. The van der Waals surface area contributed by atoms with E-state index in [2.05, 4.69) is 63.8 Å². The van der Waals surface area contributed by atoms with Gasteiger partial charge in [0.15, 0.2) is 5.82 Å². The molecular formula is C18H24N6OS. The Labute approximate surface area is 157 Å². The van der Waals surface area contributed by atoms with Gasteiger partial charge in [-0.2, -0.15) is 9.67 Å². The fraction of sp³-hybridized carbons (Fsp3) is 0.500. The van der Waals surface area contributed by atoms with Gasteiger partial charge in [0.05, 0.1) is 11.4 Å². The van der Waals surface area contributed by atoms with Crippen LogP contribution in [0.2, 0.25) is 0 Å². The number of rotatable bonds is 10. The molecule has 0 bridgehead atoms. The third-order valence-corrected chi connectivity index (χ3v) is 4.94. The molecule has 0 atom stereocenters. The van der Waals surface area contributed by atoms with E-state index in [1.54, 1.807) is 4.68 Å². The number of benzene rings is 1. The van der Waals surface area contributed by atoms with Gasteiger partial charge in [-0.1, -0.05) is 55.7 Å². The number of unbranched alkanes of at least 4 members (excludes halogenated alkanes) is 2. The second-order valence-corrected chi connectivity index (χ2v) is 7.08. The fourth-order valence-corrected chi connectivity index (χ4v) is 3.26. The maximum Gasteiger partial charge on any atom is 0.226 e. The fourth-order valence-electron chi connectivity index (χ4n) is 2.52. The highest BCUT2D eigenvalue weighted by Crippen LogP contribution is 2.22. The lowest BCUT2D eigenvalue weighted by molar-refractivity contribution is 0.371. The van der Waals surface area contributed by atoms with Crippen molar-refractivity contribution in [2.24, 2.45) is 0 Å². The topological polar surface area (TPSA) is 82.5 Å². The van der Waals surface area contributed by atoms with E-state index in [1.807, 2.05) is 0 Å². The van der Waals surface area contributed by atoms with Crippen LogP contribution in [-0.2, 0) is 18.6 Å². The standard InChI is InChI=1S/C18H24N6OS/c1-3-5-7-14-9-11-15(12-10-14)24-18(20-22-23-24)26-13-16-19-17(25-21-16)8-6-4-2/h9-12H,3-8,13H2,1-2H3. The van der Waals surface area contributed by atoms with Crippen molar-refractivity contribution in [3.8, 4) is 5.69 Å². The van der Waals surface area contributed by atoms with E-state index < -0.39 is 0 Å². The predicted octanol–water partition coefficient (Wildman–Crippen LogP) is 4.02. The van der Waals surface area contributed by atoms with Crippen LogP contribution in [-0.4, -0.2) is 30.3 Å². The molecule has 26 heavy (non-hydrogen) atoms. The SMILES string of the molecule is CCCCc1ccc(-n2nnnc2SCc2noc(CCCC)n2)cc1. The summed E-state index contributed by atoms with van der Waals surface area (Å²) >= 11 is 1.50. The van der Waals surface area contributed by atoms with Crippen molar-refractivity contribution in [2.45, 2.75) is 63.3 Å². The average Bonchev–Trinajstić information content (AvgIpc) is 3.32. The molecule has 2 aromatic heterocycles. The van der Waals surface area contributed by atoms with Crippen molar-refractivity contribution in [1.82, 2.24) is 30.3 Å².